The molecule has 0 unspecified atom stereocenters. The van der Waals surface area contributed by atoms with Crippen LogP contribution in [0.15, 0.2) is 42.5 Å². The number of benzene rings is 1. The number of hydrogen-bond donors (Lipinski definition) is 1. The summed E-state index contributed by atoms with van der Waals surface area (Å²) in [7, 11) is 0. The zero-order valence-corrected chi connectivity index (χ0v) is 14.0. The lowest BCUT2D eigenvalue weighted by molar-refractivity contribution is 0.230. The van der Waals surface area contributed by atoms with Gasteiger partial charge in [-0.1, -0.05) is 30.4 Å². The van der Waals surface area contributed by atoms with Gasteiger partial charge in [-0.05, 0) is 62.0 Å². The van der Waals surface area contributed by atoms with Gasteiger partial charge in [0.05, 0.1) is 6.61 Å². The summed E-state index contributed by atoms with van der Waals surface area (Å²) >= 11 is 0. The quantitative estimate of drug-likeness (QED) is 0.643. The maximum atomic E-state index is 5.89. The SMILES string of the molecule is C=C1CCCN(CCCOc2ccc(C3=CCNCC3)cc2)C1. The Morgan fingerprint density at radius 1 is 1.17 bits per heavy atom. The fraction of sp³-hybridized carbons (Fsp3) is 0.500. The molecule has 23 heavy (non-hydrogen) atoms. The van der Waals surface area contributed by atoms with E-state index in [1.807, 2.05) is 0 Å². The molecule has 2 aliphatic heterocycles. The van der Waals surface area contributed by atoms with Crippen molar-refractivity contribution in [3.8, 4) is 5.75 Å². The van der Waals surface area contributed by atoms with Crippen LogP contribution < -0.4 is 10.1 Å². The van der Waals surface area contributed by atoms with Gasteiger partial charge < -0.3 is 10.1 Å². The smallest absolute Gasteiger partial charge is 0.119 e. The first-order valence-corrected chi connectivity index (χ1v) is 8.83. The van der Waals surface area contributed by atoms with E-state index >= 15 is 0 Å². The molecule has 1 saturated heterocycles. The Bertz CT molecular complexity index is 547. The average Bonchev–Trinajstić information content (AvgIpc) is 2.60. The van der Waals surface area contributed by atoms with Crippen molar-refractivity contribution >= 4 is 5.57 Å². The van der Waals surface area contributed by atoms with Gasteiger partial charge in [-0.2, -0.15) is 0 Å². The summed E-state index contributed by atoms with van der Waals surface area (Å²) in [6, 6.07) is 8.56. The third kappa shape index (κ3) is 4.95. The largest absolute Gasteiger partial charge is 0.494 e. The maximum absolute atomic E-state index is 5.89. The highest BCUT2D eigenvalue weighted by Crippen LogP contribution is 2.22. The summed E-state index contributed by atoms with van der Waals surface area (Å²) in [4.78, 5) is 2.49. The van der Waals surface area contributed by atoms with Gasteiger partial charge in [0, 0.05) is 19.6 Å². The van der Waals surface area contributed by atoms with E-state index in [4.69, 9.17) is 4.74 Å². The molecule has 3 heteroatoms. The molecule has 3 rings (SSSR count). The standard InChI is InChI=1S/C20H28N2O/c1-17-4-2-13-22(16-17)14-3-15-23-20-7-5-18(6-8-20)19-9-11-21-12-10-19/h5-9,21H,1-4,10-16H2. The second-order valence-electron chi connectivity index (χ2n) is 6.54. The lowest BCUT2D eigenvalue weighted by atomic mass is 10.0. The zero-order valence-electron chi connectivity index (χ0n) is 14.0. The Hall–Kier alpha value is -1.58. The summed E-state index contributed by atoms with van der Waals surface area (Å²) in [6.07, 6.45) is 6.93. The molecule has 3 nitrogen and oxygen atoms in total. The third-order valence-corrected chi connectivity index (χ3v) is 4.63. The molecule has 0 spiro atoms. The molecule has 1 fully saturated rings. The van der Waals surface area contributed by atoms with Crippen LogP contribution in [0.1, 0.15) is 31.2 Å². The van der Waals surface area contributed by atoms with Crippen molar-refractivity contribution in [1.82, 2.24) is 10.2 Å². The fourth-order valence-corrected chi connectivity index (χ4v) is 3.35. The first-order valence-electron chi connectivity index (χ1n) is 8.83. The molecule has 2 heterocycles. The third-order valence-electron chi connectivity index (χ3n) is 4.63. The number of likely N-dealkylation sites (tertiary alicyclic amines) is 1. The molecule has 2 aliphatic rings. The average molecular weight is 312 g/mol. The predicted molar refractivity (Wildman–Crippen MR) is 96.8 cm³/mol. The number of piperidine rings is 1. The monoisotopic (exact) mass is 312 g/mol. The molecular weight excluding hydrogens is 284 g/mol. The van der Waals surface area contributed by atoms with E-state index in [2.05, 4.69) is 47.1 Å². The summed E-state index contributed by atoms with van der Waals surface area (Å²) < 4.78 is 5.89. The van der Waals surface area contributed by atoms with Crippen molar-refractivity contribution in [1.29, 1.82) is 0 Å². The highest BCUT2D eigenvalue weighted by molar-refractivity contribution is 5.67. The summed E-state index contributed by atoms with van der Waals surface area (Å²) in [5.74, 6) is 0.978. The van der Waals surface area contributed by atoms with Crippen LogP contribution in [0.3, 0.4) is 0 Å². The minimum Gasteiger partial charge on any atom is -0.494 e. The van der Waals surface area contributed by atoms with Gasteiger partial charge in [0.25, 0.3) is 0 Å². The number of nitrogens with zero attached hydrogens (tertiary/aromatic N) is 1. The van der Waals surface area contributed by atoms with E-state index in [-0.39, 0.29) is 0 Å². The van der Waals surface area contributed by atoms with Gasteiger partial charge >= 0.3 is 0 Å². The second kappa shape index (κ2) is 8.32. The topological polar surface area (TPSA) is 24.5 Å². The molecule has 0 aromatic heterocycles. The second-order valence-corrected chi connectivity index (χ2v) is 6.54. The Balaban J connectivity index is 1.40. The Kier molecular flexibility index (Phi) is 5.89. The molecule has 0 bridgehead atoms. The van der Waals surface area contributed by atoms with Crippen LogP contribution >= 0.6 is 0 Å². The first kappa shape index (κ1) is 16.3. The van der Waals surface area contributed by atoms with Gasteiger partial charge in [0.15, 0.2) is 0 Å². The molecule has 1 aromatic rings. The van der Waals surface area contributed by atoms with Crippen molar-refractivity contribution < 1.29 is 4.74 Å². The maximum Gasteiger partial charge on any atom is 0.119 e. The van der Waals surface area contributed by atoms with Crippen molar-refractivity contribution in [2.75, 3.05) is 39.3 Å². The van der Waals surface area contributed by atoms with E-state index in [0.717, 1.165) is 51.4 Å². The van der Waals surface area contributed by atoms with Crippen LogP contribution in [-0.4, -0.2) is 44.2 Å². The molecule has 1 N–H and O–H groups in total. The van der Waals surface area contributed by atoms with Gasteiger partial charge in [-0.3, -0.25) is 4.90 Å². The molecule has 0 amide bonds. The van der Waals surface area contributed by atoms with Crippen LogP contribution in [0.2, 0.25) is 0 Å². The molecule has 0 atom stereocenters. The van der Waals surface area contributed by atoms with E-state index < -0.39 is 0 Å². The van der Waals surface area contributed by atoms with E-state index in [9.17, 15) is 0 Å². The van der Waals surface area contributed by atoms with Crippen LogP contribution in [-0.2, 0) is 0 Å². The van der Waals surface area contributed by atoms with Gasteiger partial charge in [-0.25, -0.2) is 0 Å². The number of rotatable bonds is 6. The molecule has 1 aromatic carbocycles. The highest BCUT2D eigenvalue weighted by Gasteiger charge is 2.12. The lowest BCUT2D eigenvalue weighted by Gasteiger charge is -2.27. The van der Waals surface area contributed by atoms with Crippen LogP contribution in [0.25, 0.3) is 5.57 Å². The number of ether oxygens (including phenoxy) is 1. The van der Waals surface area contributed by atoms with Crippen molar-refractivity contribution in [2.24, 2.45) is 0 Å². The molecule has 0 aliphatic carbocycles. The van der Waals surface area contributed by atoms with Gasteiger partial charge in [0.2, 0.25) is 0 Å². The minimum atomic E-state index is 0.787. The van der Waals surface area contributed by atoms with Crippen molar-refractivity contribution in [3.63, 3.8) is 0 Å². The number of nitrogens with one attached hydrogen (secondary N) is 1. The predicted octanol–water partition coefficient (Wildman–Crippen LogP) is 3.48. The van der Waals surface area contributed by atoms with Gasteiger partial charge in [0.1, 0.15) is 5.75 Å². The molecule has 0 saturated carbocycles. The van der Waals surface area contributed by atoms with Crippen LogP contribution in [0.5, 0.6) is 5.75 Å². The van der Waals surface area contributed by atoms with E-state index in [1.165, 1.54) is 36.1 Å². The molecular formula is C20H28N2O. The Morgan fingerprint density at radius 3 is 2.78 bits per heavy atom. The summed E-state index contributed by atoms with van der Waals surface area (Å²) in [5, 5.41) is 3.35. The zero-order chi connectivity index (χ0) is 15.9. The van der Waals surface area contributed by atoms with Gasteiger partial charge in [-0.15, -0.1) is 0 Å². The van der Waals surface area contributed by atoms with Crippen molar-refractivity contribution in [2.45, 2.75) is 25.7 Å². The van der Waals surface area contributed by atoms with Crippen LogP contribution in [0.4, 0.5) is 0 Å². The normalized spacial score (nSPS) is 19.5. The van der Waals surface area contributed by atoms with Crippen molar-refractivity contribution in [3.05, 3.63) is 48.1 Å². The van der Waals surface area contributed by atoms with E-state index in [1.54, 1.807) is 0 Å². The van der Waals surface area contributed by atoms with Crippen LogP contribution in [0, 0.1) is 0 Å². The highest BCUT2D eigenvalue weighted by atomic mass is 16.5. The lowest BCUT2D eigenvalue weighted by Crippen LogP contribution is -2.32. The molecule has 124 valence electrons. The first-order chi connectivity index (χ1) is 11.3. The Morgan fingerprint density at radius 2 is 2.04 bits per heavy atom. The summed E-state index contributed by atoms with van der Waals surface area (Å²) in [6.45, 7) is 10.3. The fourth-order valence-electron chi connectivity index (χ4n) is 3.35. The minimum absolute atomic E-state index is 0.787. The summed E-state index contributed by atoms with van der Waals surface area (Å²) in [5.41, 5.74) is 4.14. The van der Waals surface area contributed by atoms with E-state index in [0.29, 0.717) is 0 Å². The molecule has 0 radical (unpaired) electrons. The Labute approximate surface area is 140 Å². The number of hydrogen-bond acceptors (Lipinski definition) is 3.